The Morgan fingerprint density at radius 1 is 1.10 bits per heavy atom. The molecule has 5 nitrogen and oxygen atoms in total. The standard InChI is InChI=1S/C15H19N3O2S/c1-11-3-5-12(6-4-11)10-18(2)15-8-7-13(9-14(15)16)21(17,19)20/h3-9H,10,16H2,1-2H3,(H2,17,19,20). The van der Waals surface area contributed by atoms with Gasteiger partial charge in [-0.15, -0.1) is 0 Å². The van der Waals surface area contributed by atoms with Crippen molar-refractivity contribution in [2.75, 3.05) is 17.7 Å². The van der Waals surface area contributed by atoms with Gasteiger partial charge in [0.15, 0.2) is 0 Å². The molecule has 0 aliphatic rings. The number of nitrogens with zero attached hydrogens (tertiary/aromatic N) is 1. The third-order valence-corrected chi connectivity index (χ3v) is 4.19. The lowest BCUT2D eigenvalue weighted by Crippen LogP contribution is -2.19. The fourth-order valence-corrected chi connectivity index (χ4v) is 2.66. The van der Waals surface area contributed by atoms with Gasteiger partial charge in [-0.1, -0.05) is 29.8 Å². The average Bonchev–Trinajstić information content (AvgIpc) is 2.40. The van der Waals surface area contributed by atoms with E-state index < -0.39 is 10.0 Å². The quantitative estimate of drug-likeness (QED) is 0.844. The van der Waals surface area contributed by atoms with E-state index in [1.165, 1.54) is 17.7 Å². The first-order valence-corrected chi connectivity index (χ1v) is 8.01. The highest BCUT2D eigenvalue weighted by atomic mass is 32.2. The highest BCUT2D eigenvalue weighted by Gasteiger charge is 2.12. The molecular weight excluding hydrogens is 286 g/mol. The number of aryl methyl sites for hydroxylation is 1. The number of nitrogens with two attached hydrogens (primary N) is 2. The fourth-order valence-electron chi connectivity index (χ4n) is 2.11. The van der Waals surface area contributed by atoms with Crippen molar-refractivity contribution in [1.82, 2.24) is 0 Å². The van der Waals surface area contributed by atoms with E-state index in [2.05, 4.69) is 24.3 Å². The van der Waals surface area contributed by atoms with E-state index in [0.29, 0.717) is 12.2 Å². The highest BCUT2D eigenvalue weighted by molar-refractivity contribution is 7.89. The topological polar surface area (TPSA) is 89.4 Å². The maximum atomic E-state index is 11.3. The van der Waals surface area contributed by atoms with Crippen molar-refractivity contribution in [2.45, 2.75) is 18.4 Å². The monoisotopic (exact) mass is 305 g/mol. The molecule has 112 valence electrons. The Balaban J connectivity index is 2.23. The van der Waals surface area contributed by atoms with Gasteiger partial charge in [0.25, 0.3) is 0 Å². The van der Waals surface area contributed by atoms with Crippen LogP contribution in [-0.4, -0.2) is 15.5 Å². The van der Waals surface area contributed by atoms with Crippen LogP contribution in [0, 0.1) is 6.92 Å². The molecule has 0 bridgehead atoms. The summed E-state index contributed by atoms with van der Waals surface area (Å²) >= 11 is 0. The molecule has 2 rings (SSSR count). The normalized spacial score (nSPS) is 11.4. The molecule has 0 saturated heterocycles. The van der Waals surface area contributed by atoms with Gasteiger partial charge in [0, 0.05) is 13.6 Å². The van der Waals surface area contributed by atoms with Gasteiger partial charge >= 0.3 is 0 Å². The SMILES string of the molecule is Cc1ccc(CN(C)c2ccc(S(N)(=O)=O)cc2N)cc1. The Hall–Kier alpha value is -2.05. The van der Waals surface area contributed by atoms with E-state index in [4.69, 9.17) is 10.9 Å². The average molecular weight is 305 g/mol. The largest absolute Gasteiger partial charge is 0.397 e. The number of primary sulfonamides is 1. The first kappa shape index (κ1) is 15.3. The fraction of sp³-hybridized carbons (Fsp3) is 0.200. The van der Waals surface area contributed by atoms with Crippen LogP contribution in [-0.2, 0) is 16.6 Å². The van der Waals surface area contributed by atoms with Crippen LogP contribution in [0.5, 0.6) is 0 Å². The van der Waals surface area contributed by atoms with E-state index in [0.717, 1.165) is 11.3 Å². The van der Waals surface area contributed by atoms with Crippen LogP contribution in [0.1, 0.15) is 11.1 Å². The molecule has 2 aromatic carbocycles. The van der Waals surface area contributed by atoms with Crippen molar-refractivity contribution in [3.05, 3.63) is 53.6 Å². The summed E-state index contributed by atoms with van der Waals surface area (Å²) in [5.74, 6) is 0. The Bertz CT molecular complexity index is 740. The van der Waals surface area contributed by atoms with E-state index in [9.17, 15) is 8.42 Å². The van der Waals surface area contributed by atoms with Gasteiger partial charge in [0.05, 0.1) is 16.3 Å². The molecule has 0 fully saturated rings. The third kappa shape index (κ3) is 3.74. The van der Waals surface area contributed by atoms with Gasteiger partial charge in [0.1, 0.15) is 0 Å². The zero-order valence-electron chi connectivity index (χ0n) is 12.1. The van der Waals surface area contributed by atoms with Crippen LogP contribution < -0.4 is 15.8 Å². The van der Waals surface area contributed by atoms with Gasteiger partial charge in [0.2, 0.25) is 10.0 Å². The van der Waals surface area contributed by atoms with Gasteiger partial charge in [-0.2, -0.15) is 0 Å². The minimum Gasteiger partial charge on any atom is -0.397 e. The molecule has 0 radical (unpaired) electrons. The van der Waals surface area contributed by atoms with Gasteiger partial charge in [-0.05, 0) is 30.7 Å². The van der Waals surface area contributed by atoms with Crippen molar-refractivity contribution in [2.24, 2.45) is 5.14 Å². The molecule has 0 spiro atoms. The summed E-state index contributed by atoms with van der Waals surface area (Å²) in [4.78, 5) is 1.99. The zero-order chi connectivity index (χ0) is 15.6. The molecule has 0 amide bonds. The molecule has 0 aliphatic heterocycles. The molecule has 0 unspecified atom stereocenters. The Morgan fingerprint density at radius 3 is 2.24 bits per heavy atom. The molecule has 0 heterocycles. The molecule has 2 aromatic rings. The number of benzene rings is 2. The lowest BCUT2D eigenvalue weighted by Gasteiger charge is -2.21. The van der Waals surface area contributed by atoms with E-state index in [1.54, 1.807) is 6.07 Å². The molecule has 0 aliphatic carbocycles. The number of anilines is 2. The van der Waals surface area contributed by atoms with Gasteiger partial charge in [-0.25, -0.2) is 13.6 Å². The summed E-state index contributed by atoms with van der Waals surface area (Å²) in [7, 11) is -1.83. The predicted molar refractivity (Wildman–Crippen MR) is 85.5 cm³/mol. The summed E-state index contributed by atoms with van der Waals surface area (Å²) in [6.07, 6.45) is 0. The Kier molecular flexibility index (Phi) is 4.20. The van der Waals surface area contributed by atoms with E-state index >= 15 is 0 Å². The molecule has 0 saturated carbocycles. The number of hydrogen-bond acceptors (Lipinski definition) is 4. The van der Waals surface area contributed by atoms with Crippen molar-refractivity contribution in [1.29, 1.82) is 0 Å². The second kappa shape index (κ2) is 5.75. The van der Waals surface area contributed by atoms with E-state index in [-0.39, 0.29) is 4.90 Å². The Morgan fingerprint density at radius 2 is 1.71 bits per heavy atom. The minimum atomic E-state index is -3.73. The van der Waals surface area contributed by atoms with Crippen LogP contribution in [0.25, 0.3) is 0 Å². The molecule has 0 aromatic heterocycles. The second-order valence-electron chi connectivity index (χ2n) is 5.11. The maximum absolute atomic E-state index is 11.3. The van der Waals surface area contributed by atoms with E-state index in [1.807, 2.05) is 18.9 Å². The van der Waals surface area contributed by atoms with Crippen LogP contribution in [0.4, 0.5) is 11.4 Å². The lowest BCUT2D eigenvalue weighted by atomic mass is 10.1. The Labute approximate surface area is 125 Å². The number of rotatable bonds is 4. The van der Waals surface area contributed by atoms with Crippen LogP contribution in [0.2, 0.25) is 0 Å². The molecule has 6 heteroatoms. The summed E-state index contributed by atoms with van der Waals surface area (Å²) in [5, 5.41) is 5.09. The van der Waals surface area contributed by atoms with Gasteiger partial charge < -0.3 is 10.6 Å². The van der Waals surface area contributed by atoms with Crippen molar-refractivity contribution >= 4 is 21.4 Å². The first-order chi connectivity index (χ1) is 9.77. The minimum absolute atomic E-state index is 0.0208. The van der Waals surface area contributed by atoms with Crippen molar-refractivity contribution in [3.8, 4) is 0 Å². The third-order valence-electron chi connectivity index (χ3n) is 3.28. The summed E-state index contributed by atoms with van der Waals surface area (Å²) < 4.78 is 22.6. The first-order valence-electron chi connectivity index (χ1n) is 6.46. The predicted octanol–water partition coefficient (Wildman–Crippen LogP) is 1.86. The maximum Gasteiger partial charge on any atom is 0.238 e. The van der Waals surface area contributed by atoms with Crippen LogP contribution in [0.15, 0.2) is 47.4 Å². The molecule has 4 N–H and O–H groups in total. The lowest BCUT2D eigenvalue weighted by molar-refractivity contribution is 0.598. The second-order valence-corrected chi connectivity index (χ2v) is 6.67. The van der Waals surface area contributed by atoms with Crippen LogP contribution >= 0.6 is 0 Å². The van der Waals surface area contributed by atoms with Crippen LogP contribution in [0.3, 0.4) is 0 Å². The van der Waals surface area contributed by atoms with Crippen molar-refractivity contribution < 1.29 is 8.42 Å². The molecule has 0 atom stereocenters. The zero-order valence-corrected chi connectivity index (χ0v) is 12.9. The summed E-state index contributed by atoms with van der Waals surface area (Å²) in [6, 6.07) is 12.7. The smallest absolute Gasteiger partial charge is 0.238 e. The number of sulfonamides is 1. The molecule has 21 heavy (non-hydrogen) atoms. The highest BCUT2D eigenvalue weighted by Crippen LogP contribution is 2.26. The number of nitrogen functional groups attached to an aromatic ring is 1. The number of hydrogen-bond donors (Lipinski definition) is 2. The van der Waals surface area contributed by atoms with Crippen molar-refractivity contribution in [3.63, 3.8) is 0 Å². The van der Waals surface area contributed by atoms with Gasteiger partial charge in [-0.3, -0.25) is 0 Å². The summed E-state index contributed by atoms with van der Waals surface area (Å²) in [5.41, 5.74) is 9.44. The summed E-state index contributed by atoms with van der Waals surface area (Å²) in [6.45, 7) is 2.72. The molecular formula is C15H19N3O2S.